The van der Waals surface area contributed by atoms with Gasteiger partial charge in [-0.25, -0.2) is 18.2 Å². The largest absolute Gasteiger partial charge is 0.490 e. The number of hydrogen-bond acceptors (Lipinski definition) is 5. The van der Waals surface area contributed by atoms with Gasteiger partial charge >= 0.3 is 12.1 Å². The van der Waals surface area contributed by atoms with Crippen molar-refractivity contribution in [3.8, 4) is 5.69 Å². The molecule has 2 heterocycles. The molecule has 0 unspecified atom stereocenters. The average molecular weight is 460 g/mol. The highest BCUT2D eigenvalue weighted by molar-refractivity contribution is 7.89. The van der Waals surface area contributed by atoms with Crippen molar-refractivity contribution < 1.29 is 36.3 Å². The summed E-state index contributed by atoms with van der Waals surface area (Å²) in [7, 11) is -0.306. The highest BCUT2D eigenvalue weighted by atomic mass is 32.2. The van der Waals surface area contributed by atoms with Crippen LogP contribution in [-0.4, -0.2) is 70.5 Å². The fraction of sp³-hybridized carbons (Fsp3) is 0.389. The van der Waals surface area contributed by atoms with Crippen LogP contribution in [0.2, 0.25) is 0 Å². The predicted octanol–water partition coefficient (Wildman–Crippen LogP) is 1.87. The highest BCUT2D eigenvalue weighted by Crippen LogP contribution is 2.32. The van der Waals surface area contributed by atoms with E-state index in [0.29, 0.717) is 17.1 Å². The maximum absolute atomic E-state index is 12.7. The fourth-order valence-corrected chi connectivity index (χ4v) is 4.35. The highest BCUT2D eigenvalue weighted by Gasteiger charge is 2.38. The van der Waals surface area contributed by atoms with Gasteiger partial charge in [-0.2, -0.15) is 17.5 Å². The predicted molar refractivity (Wildman–Crippen MR) is 101 cm³/mol. The molecule has 1 aliphatic heterocycles. The number of benzene rings is 1. The molecular weight excluding hydrogens is 441 g/mol. The van der Waals surface area contributed by atoms with Gasteiger partial charge in [0.15, 0.2) is 5.69 Å². The van der Waals surface area contributed by atoms with Crippen LogP contribution in [0.25, 0.3) is 5.69 Å². The van der Waals surface area contributed by atoms with E-state index in [9.17, 15) is 26.4 Å². The average Bonchev–Trinajstić information content (AvgIpc) is 3.47. The number of aromatic nitrogens is 2. The van der Waals surface area contributed by atoms with Gasteiger partial charge in [-0.05, 0) is 25.0 Å². The van der Waals surface area contributed by atoms with Crippen LogP contribution in [-0.2, 0) is 21.4 Å². The van der Waals surface area contributed by atoms with Crippen molar-refractivity contribution in [2.75, 3.05) is 14.1 Å². The molecule has 1 amide bonds. The lowest BCUT2D eigenvalue weighted by atomic mass is 10.2. The Morgan fingerprint density at radius 3 is 2.35 bits per heavy atom. The Morgan fingerprint density at radius 1 is 1.23 bits per heavy atom. The molecule has 0 atom stereocenters. The molecule has 1 aromatic heterocycles. The number of carbonyl (C=O) groups is 2. The zero-order valence-electron chi connectivity index (χ0n) is 16.5. The minimum absolute atomic E-state index is 0.108. The van der Waals surface area contributed by atoms with Crippen LogP contribution in [0.15, 0.2) is 35.5 Å². The number of nitrogens with zero attached hydrogens (tertiary/aromatic N) is 4. The van der Waals surface area contributed by atoms with Crippen molar-refractivity contribution >= 4 is 21.9 Å². The summed E-state index contributed by atoms with van der Waals surface area (Å²) in [5.41, 5.74) is 1.45. The van der Waals surface area contributed by atoms with Crippen LogP contribution < -0.4 is 0 Å². The molecule has 2 aliphatic rings. The number of aliphatic carboxylic acids is 1. The van der Waals surface area contributed by atoms with Crippen LogP contribution in [0.4, 0.5) is 13.2 Å². The van der Waals surface area contributed by atoms with Crippen LogP contribution in [0.5, 0.6) is 0 Å². The lowest BCUT2D eigenvalue weighted by Gasteiger charge is -2.17. The number of imidazole rings is 1. The van der Waals surface area contributed by atoms with Crippen molar-refractivity contribution in [3.05, 3.63) is 42.0 Å². The Balaban J connectivity index is 0.000000339. The third-order valence-corrected chi connectivity index (χ3v) is 6.76. The van der Waals surface area contributed by atoms with E-state index in [4.69, 9.17) is 9.90 Å². The molecular formula is C18H19F3N4O5S. The number of carboxylic acids is 1. The topological polar surface area (TPSA) is 113 Å². The minimum atomic E-state index is -5.08. The maximum atomic E-state index is 12.7. The molecule has 1 aliphatic carbocycles. The minimum Gasteiger partial charge on any atom is -0.475 e. The van der Waals surface area contributed by atoms with Crippen molar-refractivity contribution in [2.45, 2.75) is 36.5 Å². The van der Waals surface area contributed by atoms with Crippen molar-refractivity contribution in [3.63, 3.8) is 0 Å². The van der Waals surface area contributed by atoms with Gasteiger partial charge in [-0.1, -0.05) is 12.1 Å². The summed E-state index contributed by atoms with van der Waals surface area (Å²) in [5, 5.41) is 7.12. The molecule has 0 radical (unpaired) electrons. The third-order valence-electron chi connectivity index (χ3n) is 4.91. The summed E-state index contributed by atoms with van der Waals surface area (Å²) >= 11 is 0. The van der Waals surface area contributed by atoms with E-state index in [-0.39, 0.29) is 23.4 Å². The lowest BCUT2D eigenvalue weighted by molar-refractivity contribution is -0.192. The van der Waals surface area contributed by atoms with Crippen molar-refractivity contribution in [1.29, 1.82) is 0 Å². The Morgan fingerprint density at radius 2 is 1.81 bits per heavy atom. The first-order valence-electron chi connectivity index (χ1n) is 9.05. The second kappa shape index (κ2) is 7.96. The van der Waals surface area contributed by atoms with Crippen LogP contribution in [0.1, 0.15) is 29.0 Å². The van der Waals surface area contributed by atoms with Crippen molar-refractivity contribution in [1.82, 2.24) is 18.8 Å². The third kappa shape index (κ3) is 4.42. The number of fused-ring (bicyclic) bond motifs is 3. The smallest absolute Gasteiger partial charge is 0.475 e. The van der Waals surface area contributed by atoms with E-state index >= 15 is 0 Å². The molecule has 1 saturated carbocycles. The number of rotatable bonds is 2. The molecule has 0 saturated heterocycles. The summed E-state index contributed by atoms with van der Waals surface area (Å²) in [6.07, 6.45) is -1.53. The van der Waals surface area contributed by atoms with Crippen LogP contribution in [0.3, 0.4) is 0 Å². The van der Waals surface area contributed by atoms with Gasteiger partial charge in [-0.3, -0.25) is 9.36 Å². The number of para-hydroxylation sites is 1. The molecule has 31 heavy (non-hydrogen) atoms. The second-order valence-electron chi connectivity index (χ2n) is 7.09. The monoisotopic (exact) mass is 460 g/mol. The first-order chi connectivity index (χ1) is 14.4. The molecule has 13 heteroatoms. The normalized spacial score (nSPS) is 17.5. The first-order valence-corrected chi connectivity index (χ1v) is 10.5. The summed E-state index contributed by atoms with van der Waals surface area (Å²) < 4.78 is 60.2. The Labute approximate surface area is 175 Å². The number of alkyl halides is 3. The van der Waals surface area contributed by atoms with Gasteiger partial charge in [0, 0.05) is 20.1 Å². The van der Waals surface area contributed by atoms with E-state index in [1.165, 1.54) is 17.7 Å². The summed E-state index contributed by atoms with van der Waals surface area (Å²) in [6.45, 7) is 0.108. The van der Waals surface area contributed by atoms with Crippen LogP contribution >= 0.6 is 0 Å². The zero-order chi connectivity index (χ0) is 23.1. The van der Waals surface area contributed by atoms with Gasteiger partial charge in [0.05, 0.1) is 17.9 Å². The Hall–Kier alpha value is -2.93. The molecule has 1 N–H and O–H groups in total. The Bertz CT molecular complexity index is 1130. The summed E-state index contributed by atoms with van der Waals surface area (Å²) in [4.78, 5) is 27.9. The van der Waals surface area contributed by atoms with Gasteiger partial charge in [0.2, 0.25) is 10.0 Å². The molecule has 9 nitrogen and oxygen atoms in total. The first kappa shape index (κ1) is 22.7. The van der Waals surface area contributed by atoms with E-state index < -0.39 is 22.2 Å². The second-order valence-corrected chi connectivity index (χ2v) is 9.10. The number of halogens is 3. The van der Waals surface area contributed by atoms with Gasteiger partial charge in [-0.15, -0.1) is 0 Å². The number of amides is 1. The standard InChI is InChI=1S/C16H18N4O3S.C2HF3O2/c1-18-9-13-15(16(21)19(2)11-7-8-11)17-10-20(13)12-5-3-4-6-14(12)24(18,22)23;3-2(4,5)1(6)7/h3-6,10-11H,7-9H2,1-2H3;(H,6,7). The zero-order valence-corrected chi connectivity index (χ0v) is 17.3. The van der Waals surface area contributed by atoms with Crippen LogP contribution in [0, 0.1) is 0 Å². The number of sulfonamides is 1. The van der Waals surface area contributed by atoms with E-state index in [0.717, 1.165) is 12.8 Å². The molecule has 0 bridgehead atoms. The van der Waals surface area contributed by atoms with E-state index in [2.05, 4.69) is 4.98 Å². The SMILES string of the molecule is CN(C(=O)c1ncn2c1CN(C)S(=O)(=O)c1ccccc1-2)C1CC1.O=C(O)C(F)(F)F. The van der Waals surface area contributed by atoms with Gasteiger partial charge in [0.25, 0.3) is 5.91 Å². The molecule has 4 rings (SSSR count). The van der Waals surface area contributed by atoms with E-state index in [1.54, 1.807) is 40.8 Å². The van der Waals surface area contributed by atoms with Gasteiger partial charge < -0.3 is 10.0 Å². The number of hydrogen-bond donors (Lipinski definition) is 1. The number of carboxylic acid groups (broad SMARTS) is 1. The Kier molecular flexibility index (Phi) is 5.84. The van der Waals surface area contributed by atoms with E-state index in [1.807, 2.05) is 0 Å². The van der Waals surface area contributed by atoms with Gasteiger partial charge in [0.1, 0.15) is 11.2 Å². The molecule has 0 spiro atoms. The summed E-state index contributed by atoms with van der Waals surface area (Å²) in [6, 6.07) is 7.05. The maximum Gasteiger partial charge on any atom is 0.490 e. The molecule has 168 valence electrons. The molecule has 1 fully saturated rings. The number of carbonyl (C=O) groups excluding carboxylic acids is 1. The van der Waals surface area contributed by atoms with Crippen molar-refractivity contribution in [2.24, 2.45) is 0 Å². The fourth-order valence-electron chi connectivity index (χ4n) is 3.04. The summed E-state index contributed by atoms with van der Waals surface area (Å²) in [5.74, 6) is -2.91. The molecule has 1 aromatic carbocycles. The lowest BCUT2D eigenvalue weighted by Crippen LogP contribution is -2.31. The quantitative estimate of drug-likeness (QED) is 0.732. The molecule has 2 aromatic rings.